The first kappa shape index (κ1) is 18.4. The van der Waals surface area contributed by atoms with Gasteiger partial charge in [-0.3, -0.25) is 9.59 Å². The molecule has 26 heavy (non-hydrogen) atoms. The van der Waals surface area contributed by atoms with E-state index in [1.165, 1.54) is 4.88 Å². The highest BCUT2D eigenvalue weighted by atomic mass is 32.1. The Morgan fingerprint density at radius 3 is 3.00 bits per heavy atom. The number of methoxy groups -OCH3 is 1. The zero-order chi connectivity index (χ0) is 18.5. The van der Waals surface area contributed by atoms with E-state index < -0.39 is 0 Å². The molecule has 0 aliphatic carbocycles. The van der Waals surface area contributed by atoms with E-state index in [0.717, 1.165) is 11.4 Å². The van der Waals surface area contributed by atoms with Crippen LogP contribution in [0.15, 0.2) is 30.5 Å². The van der Waals surface area contributed by atoms with Gasteiger partial charge in [0.2, 0.25) is 5.91 Å². The zero-order valence-corrected chi connectivity index (χ0v) is 15.8. The van der Waals surface area contributed by atoms with Gasteiger partial charge in [-0.1, -0.05) is 6.07 Å². The molecule has 1 aromatic carbocycles. The molecule has 0 spiro atoms. The summed E-state index contributed by atoms with van der Waals surface area (Å²) in [6, 6.07) is 7.10. The third-order valence-corrected chi connectivity index (χ3v) is 5.44. The topological polar surface area (TPSA) is 71.5 Å². The van der Waals surface area contributed by atoms with Crippen molar-refractivity contribution in [2.24, 2.45) is 5.92 Å². The fourth-order valence-electron chi connectivity index (χ4n) is 3.05. The predicted octanol–water partition coefficient (Wildman–Crippen LogP) is 2.28. The van der Waals surface area contributed by atoms with E-state index in [0.29, 0.717) is 37.4 Å². The van der Waals surface area contributed by atoms with Crippen molar-refractivity contribution in [3.63, 3.8) is 0 Å². The van der Waals surface area contributed by atoms with Crippen LogP contribution in [0.5, 0.6) is 5.75 Å². The van der Waals surface area contributed by atoms with Crippen molar-refractivity contribution in [2.75, 3.05) is 26.7 Å². The first-order valence-electron chi connectivity index (χ1n) is 8.69. The molecule has 1 atom stereocenters. The van der Waals surface area contributed by atoms with E-state index >= 15 is 0 Å². The van der Waals surface area contributed by atoms with E-state index in [1.54, 1.807) is 47.6 Å². The van der Waals surface area contributed by atoms with Gasteiger partial charge in [0.05, 0.1) is 18.0 Å². The molecule has 1 fully saturated rings. The molecular weight excluding hydrogens is 350 g/mol. The minimum absolute atomic E-state index is 0.0132. The standard InChI is InChI=1S/C19H23N3O3S/c1-13-11-21-17(26-13)6-8-20-18(23)15-7-9-22(12-15)19(24)14-4-3-5-16(10-14)25-2/h3-5,10-11,15H,6-9,12H2,1-2H3,(H,20,23)/t15-/m0/s1. The van der Waals surface area contributed by atoms with Gasteiger partial charge >= 0.3 is 0 Å². The molecule has 2 aromatic rings. The molecule has 1 N–H and O–H groups in total. The lowest BCUT2D eigenvalue weighted by Crippen LogP contribution is -2.35. The number of hydrogen-bond acceptors (Lipinski definition) is 5. The molecule has 138 valence electrons. The van der Waals surface area contributed by atoms with Gasteiger partial charge in [0.25, 0.3) is 5.91 Å². The van der Waals surface area contributed by atoms with Crippen LogP contribution >= 0.6 is 11.3 Å². The summed E-state index contributed by atoms with van der Waals surface area (Å²) in [7, 11) is 1.58. The van der Waals surface area contributed by atoms with Gasteiger partial charge in [-0.05, 0) is 31.5 Å². The third kappa shape index (κ3) is 4.40. The predicted molar refractivity (Wildman–Crippen MR) is 101 cm³/mol. The Labute approximate surface area is 157 Å². The highest BCUT2D eigenvalue weighted by molar-refractivity contribution is 7.11. The Morgan fingerprint density at radius 2 is 2.27 bits per heavy atom. The van der Waals surface area contributed by atoms with Gasteiger partial charge in [0.1, 0.15) is 5.75 Å². The first-order chi connectivity index (χ1) is 12.6. The van der Waals surface area contributed by atoms with Crippen LogP contribution in [0.2, 0.25) is 0 Å². The van der Waals surface area contributed by atoms with Gasteiger partial charge in [-0.15, -0.1) is 11.3 Å². The number of benzene rings is 1. The van der Waals surface area contributed by atoms with E-state index in [2.05, 4.69) is 10.3 Å². The molecule has 0 saturated carbocycles. The van der Waals surface area contributed by atoms with E-state index in [9.17, 15) is 9.59 Å². The summed E-state index contributed by atoms with van der Waals surface area (Å²) in [4.78, 5) is 32.2. The number of thiazole rings is 1. The number of hydrogen-bond donors (Lipinski definition) is 1. The highest BCUT2D eigenvalue weighted by Gasteiger charge is 2.31. The van der Waals surface area contributed by atoms with Crippen molar-refractivity contribution < 1.29 is 14.3 Å². The maximum atomic E-state index is 12.6. The lowest BCUT2D eigenvalue weighted by atomic mass is 10.1. The van der Waals surface area contributed by atoms with Crippen LogP contribution in [0.3, 0.4) is 0 Å². The number of aryl methyl sites for hydroxylation is 1. The Kier molecular flexibility index (Phi) is 5.88. The summed E-state index contributed by atoms with van der Waals surface area (Å²) in [6.07, 6.45) is 3.28. The minimum Gasteiger partial charge on any atom is -0.497 e. The number of carbonyl (C=O) groups excluding carboxylic acids is 2. The van der Waals surface area contributed by atoms with Crippen LogP contribution < -0.4 is 10.1 Å². The van der Waals surface area contributed by atoms with Crippen molar-refractivity contribution in [1.82, 2.24) is 15.2 Å². The summed E-state index contributed by atoms with van der Waals surface area (Å²) >= 11 is 1.65. The smallest absolute Gasteiger partial charge is 0.254 e. The second-order valence-electron chi connectivity index (χ2n) is 6.37. The lowest BCUT2D eigenvalue weighted by Gasteiger charge is -2.17. The molecule has 1 aliphatic heterocycles. The molecule has 1 aliphatic rings. The molecular formula is C19H23N3O3S. The second kappa shape index (κ2) is 8.31. The number of likely N-dealkylation sites (tertiary alicyclic amines) is 1. The maximum absolute atomic E-state index is 12.6. The number of rotatable bonds is 6. The van der Waals surface area contributed by atoms with Crippen LogP contribution in [0.4, 0.5) is 0 Å². The number of aromatic nitrogens is 1. The number of ether oxygens (including phenoxy) is 1. The molecule has 1 saturated heterocycles. The third-order valence-electron chi connectivity index (χ3n) is 4.47. The van der Waals surface area contributed by atoms with Crippen LogP contribution in [0.25, 0.3) is 0 Å². The van der Waals surface area contributed by atoms with Gasteiger partial charge in [-0.25, -0.2) is 4.98 Å². The molecule has 7 heteroatoms. The fourth-order valence-corrected chi connectivity index (χ4v) is 3.84. The maximum Gasteiger partial charge on any atom is 0.254 e. The first-order valence-corrected chi connectivity index (χ1v) is 9.51. The summed E-state index contributed by atoms with van der Waals surface area (Å²) in [5.74, 6) is 0.459. The molecule has 1 aromatic heterocycles. The normalized spacial score (nSPS) is 16.5. The second-order valence-corrected chi connectivity index (χ2v) is 7.69. The van der Waals surface area contributed by atoms with Crippen molar-refractivity contribution in [2.45, 2.75) is 19.8 Å². The van der Waals surface area contributed by atoms with E-state index in [4.69, 9.17) is 4.74 Å². The average Bonchev–Trinajstić information content (AvgIpc) is 3.30. The SMILES string of the molecule is COc1cccc(C(=O)N2CC[C@H](C(=O)NCCc3ncc(C)s3)C2)c1. The summed E-state index contributed by atoms with van der Waals surface area (Å²) < 4.78 is 5.17. The van der Waals surface area contributed by atoms with Crippen molar-refractivity contribution in [3.8, 4) is 5.75 Å². The van der Waals surface area contributed by atoms with Crippen molar-refractivity contribution in [1.29, 1.82) is 0 Å². The Hall–Kier alpha value is -2.41. The Balaban J connectivity index is 1.49. The highest BCUT2D eigenvalue weighted by Crippen LogP contribution is 2.21. The number of carbonyl (C=O) groups is 2. The summed E-state index contributed by atoms with van der Waals surface area (Å²) in [5, 5.41) is 4.00. The van der Waals surface area contributed by atoms with E-state index in [-0.39, 0.29) is 17.7 Å². The van der Waals surface area contributed by atoms with Crippen molar-refractivity contribution in [3.05, 3.63) is 45.9 Å². The number of nitrogens with one attached hydrogen (secondary N) is 1. The Morgan fingerprint density at radius 1 is 1.42 bits per heavy atom. The van der Waals surface area contributed by atoms with Crippen LogP contribution in [-0.2, 0) is 11.2 Å². The summed E-state index contributed by atoms with van der Waals surface area (Å²) in [5.41, 5.74) is 0.588. The zero-order valence-electron chi connectivity index (χ0n) is 15.0. The average molecular weight is 373 g/mol. The number of amides is 2. The number of nitrogens with zero attached hydrogens (tertiary/aromatic N) is 2. The monoisotopic (exact) mass is 373 g/mol. The molecule has 0 radical (unpaired) electrons. The molecule has 3 rings (SSSR count). The van der Waals surface area contributed by atoms with Gasteiger partial charge in [0, 0.05) is 42.7 Å². The van der Waals surface area contributed by atoms with Gasteiger partial charge in [-0.2, -0.15) is 0 Å². The van der Waals surface area contributed by atoms with Crippen LogP contribution in [0.1, 0.15) is 26.7 Å². The van der Waals surface area contributed by atoms with Gasteiger partial charge < -0.3 is 15.0 Å². The van der Waals surface area contributed by atoms with Gasteiger partial charge in [0.15, 0.2) is 0 Å². The largest absolute Gasteiger partial charge is 0.497 e. The molecule has 2 heterocycles. The fraction of sp³-hybridized carbons (Fsp3) is 0.421. The van der Waals surface area contributed by atoms with Crippen LogP contribution in [-0.4, -0.2) is 48.4 Å². The quantitative estimate of drug-likeness (QED) is 0.843. The molecule has 0 bridgehead atoms. The summed E-state index contributed by atoms with van der Waals surface area (Å²) in [6.45, 7) is 3.65. The minimum atomic E-state index is -0.150. The molecule has 0 unspecified atom stereocenters. The molecule has 6 nitrogen and oxygen atoms in total. The van der Waals surface area contributed by atoms with Crippen molar-refractivity contribution >= 4 is 23.2 Å². The van der Waals surface area contributed by atoms with Crippen LogP contribution in [0, 0.1) is 12.8 Å². The molecule has 2 amide bonds. The van der Waals surface area contributed by atoms with E-state index in [1.807, 2.05) is 13.1 Å². The Bertz CT molecular complexity index is 790. The lowest BCUT2D eigenvalue weighted by molar-refractivity contribution is -0.124.